The Kier molecular flexibility index (Phi) is 8.30. The normalized spacial score (nSPS) is 11.3. The molecule has 0 aromatic heterocycles. The third kappa shape index (κ3) is 5.95. The maximum atomic E-state index is 13.4. The van der Waals surface area contributed by atoms with Crippen LogP contribution in [-0.4, -0.2) is 48.3 Å². The number of carbonyl (C=O) groups excluding carboxylic acids is 1. The van der Waals surface area contributed by atoms with E-state index in [1.807, 2.05) is 37.2 Å². The van der Waals surface area contributed by atoms with Crippen LogP contribution in [-0.2, 0) is 14.8 Å². The fourth-order valence-electron chi connectivity index (χ4n) is 3.17. The summed E-state index contributed by atoms with van der Waals surface area (Å²) in [6, 6.07) is 20.2. The first-order valence-corrected chi connectivity index (χ1v) is 12.5. The van der Waals surface area contributed by atoms with Crippen molar-refractivity contribution in [3.63, 3.8) is 0 Å². The summed E-state index contributed by atoms with van der Waals surface area (Å²) in [5.41, 5.74) is 4.41. The van der Waals surface area contributed by atoms with Gasteiger partial charge in [0.1, 0.15) is 12.3 Å². The highest BCUT2D eigenvalue weighted by Gasteiger charge is 2.29. The molecule has 1 amide bonds. The van der Waals surface area contributed by atoms with E-state index >= 15 is 0 Å². The molecule has 0 aliphatic rings. The second-order valence-electron chi connectivity index (χ2n) is 7.40. The van der Waals surface area contributed by atoms with E-state index in [2.05, 4.69) is 26.5 Å². The molecule has 0 aliphatic carbocycles. The fraction of sp³-hybridized carbons (Fsp3) is 0.167. The number of benzene rings is 3. The van der Waals surface area contributed by atoms with Crippen LogP contribution < -0.4 is 19.4 Å². The van der Waals surface area contributed by atoms with Gasteiger partial charge in [0.25, 0.3) is 15.9 Å². The van der Waals surface area contributed by atoms with Crippen LogP contribution in [0.25, 0.3) is 0 Å². The lowest BCUT2D eigenvalue weighted by Gasteiger charge is -2.25. The standard InChI is InChI=1S/C24H25BrN4O4S/c1-28(2)21-14-13-18(15-20(21)25)16-26-27-24(30)17-29(22-11-7-8-12-23(22)33-3)34(31,32)19-9-5-4-6-10-19/h4-16H,17H2,1-3H3,(H,27,30)/b26-16+. The van der Waals surface area contributed by atoms with Crippen molar-refractivity contribution in [3.8, 4) is 5.75 Å². The summed E-state index contributed by atoms with van der Waals surface area (Å²) in [6.07, 6.45) is 1.49. The van der Waals surface area contributed by atoms with Gasteiger partial charge in [-0.1, -0.05) is 36.4 Å². The van der Waals surface area contributed by atoms with Gasteiger partial charge in [0.2, 0.25) is 0 Å². The van der Waals surface area contributed by atoms with Crippen LogP contribution in [0.1, 0.15) is 5.56 Å². The molecule has 10 heteroatoms. The molecule has 0 radical (unpaired) electrons. The zero-order chi connectivity index (χ0) is 24.7. The molecule has 0 bridgehead atoms. The highest BCUT2D eigenvalue weighted by atomic mass is 79.9. The molecule has 3 aromatic carbocycles. The number of halogens is 1. The number of ether oxygens (including phenoxy) is 1. The highest BCUT2D eigenvalue weighted by molar-refractivity contribution is 9.10. The number of methoxy groups -OCH3 is 1. The quantitative estimate of drug-likeness (QED) is 0.326. The number of para-hydroxylation sites is 2. The second kappa shape index (κ2) is 11.2. The molecule has 1 N–H and O–H groups in total. The molecular weight excluding hydrogens is 520 g/mol. The Labute approximate surface area is 208 Å². The number of hydrazone groups is 1. The maximum absolute atomic E-state index is 13.4. The minimum atomic E-state index is -4.05. The van der Waals surface area contributed by atoms with Gasteiger partial charge >= 0.3 is 0 Å². The predicted molar refractivity (Wildman–Crippen MR) is 138 cm³/mol. The Hall–Kier alpha value is -3.37. The highest BCUT2D eigenvalue weighted by Crippen LogP contribution is 2.32. The van der Waals surface area contributed by atoms with Gasteiger partial charge in [-0.25, -0.2) is 13.8 Å². The molecule has 3 aromatic rings. The first kappa shape index (κ1) is 25.3. The number of hydrogen-bond acceptors (Lipinski definition) is 6. The maximum Gasteiger partial charge on any atom is 0.264 e. The Bertz CT molecular complexity index is 1280. The van der Waals surface area contributed by atoms with Gasteiger partial charge in [-0.05, 0) is 57.9 Å². The zero-order valence-electron chi connectivity index (χ0n) is 19.0. The van der Waals surface area contributed by atoms with Crippen LogP contribution in [0.4, 0.5) is 11.4 Å². The number of carbonyl (C=O) groups is 1. The molecule has 0 spiro atoms. The number of amides is 1. The van der Waals surface area contributed by atoms with Gasteiger partial charge in [-0.2, -0.15) is 5.10 Å². The lowest BCUT2D eigenvalue weighted by molar-refractivity contribution is -0.119. The Balaban J connectivity index is 1.83. The largest absolute Gasteiger partial charge is 0.495 e. The SMILES string of the molecule is COc1ccccc1N(CC(=O)N/N=C/c1ccc(N(C)C)c(Br)c1)S(=O)(=O)c1ccccc1. The number of anilines is 2. The molecule has 0 saturated heterocycles. The van der Waals surface area contributed by atoms with Crippen molar-refractivity contribution in [2.75, 3.05) is 37.0 Å². The first-order chi connectivity index (χ1) is 16.2. The minimum Gasteiger partial charge on any atom is -0.495 e. The minimum absolute atomic E-state index is 0.0584. The van der Waals surface area contributed by atoms with Crippen molar-refractivity contribution in [1.29, 1.82) is 0 Å². The van der Waals surface area contributed by atoms with Gasteiger partial charge in [-0.15, -0.1) is 0 Å². The average Bonchev–Trinajstić information content (AvgIpc) is 2.83. The van der Waals surface area contributed by atoms with Crippen LogP contribution in [0.2, 0.25) is 0 Å². The van der Waals surface area contributed by atoms with Gasteiger partial charge in [0, 0.05) is 18.6 Å². The molecule has 0 aliphatic heterocycles. The van der Waals surface area contributed by atoms with E-state index in [4.69, 9.17) is 4.74 Å². The van der Waals surface area contributed by atoms with Crippen molar-refractivity contribution < 1.29 is 17.9 Å². The van der Waals surface area contributed by atoms with Gasteiger partial charge < -0.3 is 9.64 Å². The van der Waals surface area contributed by atoms with Crippen LogP contribution in [0.5, 0.6) is 5.75 Å². The second-order valence-corrected chi connectivity index (χ2v) is 10.1. The number of nitrogens with zero attached hydrogens (tertiary/aromatic N) is 3. The smallest absolute Gasteiger partial charge is 0.264 e. The van der Waals surface area contributed by atoms with Gasteiger partial charge in [0.15, 0.2) is 0 Å². The number of rotatable bonds is 9. The molecular formula is C24H25BrN4O4S. The monoisotopic (exact) mass is 544 g/mol. The van der Waals surface area contributed by atoms with E-state index in [0.717, 1.165) is 20.0 Å². The molecule has 0 saturated carbocycles. The summed E-state index contributed by atoms with van der Waals surface area (Å²) >= 11 is 3.51. The summed E-state index contributed by atoms with van der Waals surface area (Å²) in [5, 5.41) is 3.99. The molecule has 0 heterocycles. The van der Waals surface area contributed by atoms with Crippen molar-refractivity contribution in [2.24, 2.45) is 5.10 Å². The van der Waals surface area contributed by atoms with E-state index < -0.39 is 22.5 Å². The van der Waals surface area contributed by atoms with Gasteiger partial charge in [0.05, 0.1) is 29.6 Å². The number of nitrogens with one attached hydrogen (secondary N) is 1. The van der Waals surface area contributed by atoms with E-state index in [0.29, 0.717) is 5.75 Å². The predicted octanol–water partition coefficient (Wildman–Crippen LogP) is 3.87. The number of sulfonamides is 1. The Morgan fingerprint density at radius 3 is 2.35 bits per heavy atom. The molecule has 0 atom stereocenters. The molecule has 3 rings (SSSR count). The third-order valence-electron chi connectivity index (χ3n) is 4.83. The fourth-order valence-corrected chi connectivity index (χ4v) is 5.37. The summed E-state index contributed by atoms with van der Waals surface area (Å²) in [7, 11) is 1.26. The van der Waals surface area contributed by atoms with E-state index in [1.165, 1.54) is 25.5 Å². The lowest BCUT2D eigenvalue weighted by atomic mass is 10.2. The summed E-state index contributed by atoms with van der Waals surface area (Å²) < 4.78 is 34.0. The van der Waals surface area contributed by atoms with Crippen LogP contribution in [0.15, 0.2) is 87.3 Å². The summed E-state index contributed by atoms with van der Waals surface area (Å²) in [6.45, 7) is -0.488. The topological polar surface area (TPSA) is 91.3 Å². The van der Waals surface area contributed by atoms with Crippen molar-refractivity contribution in [2.45, 2.75) is 4.90 Å². The summed E-state index contributed by atoms with van der Waals surface area (Å²) in [5.74, 6) is -0.283. The van der Waals surface area contributed by atoms with Crippen LogP contribution >= 0.6 is 15.9 Å². The first-order valence-electron chi connectivity index (χ1n) is 10.2. The molecule has 34 heavy (non-hydrogen) atoms. The third-order valence-corrected chi connectivity index (χ3v) is 7.24. The molecule has 8 nitrogen and oxygen atoms in total. The average molecular weight is 545 g/mol. The van der Waals surface area contributed by atoms with E-state index in [1.54, 1.807) is 42.5 Å². The van der Waals surface area contributed by atoms with Crippen molar-refractivity contribution >= 4 is 49.4 Å². The lowest BCUT2D eigenvalue weighted by Crippen LogP contribution is -2.39. The molecule has 0 fully saturated rings. The Morgan fingerprint density at radius 1 is 1.03 bits per heavy atom. The molecule has 0 unspecified atom stereocenters. The van der Waals surface area contributed by atoms with E-state index in [-0.39, 0.29) is 10.6 Å². The van der Waals surface area contributed by atoms with Crippen LogP contribution in [0, 0.1) is 0 Å². The Morgan fingerprint density at radius 2 is 1.71 bits per heavy atom. The van der Waals surface area contributed by atoms with Gasteiger partial charge in [-0.3, -0.25) is 9.10 Å². The molecule has 178 valence electrons. The van der Waals surface area contributed by atoms with Crippen molar-refractivity contribution in [3.05, 3.63) is 82.8 Å². The zero-order valence-corrected chi connectivity index (χ0v) is 21.4. The summed E-state index contributed by atoms with van der Waals surface area (Å²) in [4.78, 5) is 14.7. The number of hydrogen-bond donors (Lipinski definition) is 1. The van der Waals surface area contributed by atoms with E-state index in [9.17, 15) is 13.2 Å². The van der Waals surface area contributed by atoms with Crippen molar-refractivity contribution in [1.82, 2.24) is 5.43 Å². The van der Waals surface area contributed by atoms with Crippen LogP contribution in [0.3, 0.4) is 0 Å².